The summed E-state index contributed by atoms with van der Waals surface area (Å²) in [5.41, 5.74) is 0.524. The van der Waals surface area contributed by atoms with Crippen LogP contribution >= 0.6 is 0 Å². The van der Waals surface area contributed by atoms with Gasteiger partial charge in [-0.2, -0.15) is 0 Å². The maximum Gasteiger partial charge on any atom is 0.220 e. The Balaban J connectivity index is 4.15. The fourth-order valence-corrected chi connectivity index (χ4v) is 1.82. The third-order valence-electron chi connectivity index (χ3n) is 2.81. The molecule has 20 heavy (non-hydrogen) atoms. The number of hydrogen-bond acceptors (Lipinski definition) is 4. The summed E-state index contributed by atoms with van der Waals surface area (Å²) >= 11 is 0. The highest BCUT2D eigenvalue weighted by molar-refractivity contribution is 5.98. The van der Waals surface area contributed by atoms with E-state index in [-0.39, 0.29) is 23.8 Å². The van der Waals surface area contributed by atoms with Crippen LogP contribution in [-0.4, -0.2) is 43.4 Å². The molecular formula is C15H29N3O2. The van der Waals surface area contributed by atoms with E-state index in [2.05, 4.69) is 22.5 Å². The molecule has 0 fully saturated rings. The average Bonchev–Trinajstić information content (AvgIpc) is 2.38. The van der Waals surface area contributed by atoms with Gasteiger partial charge in [0.1, 0.15) is 0 Å². The van der Waals surface area contributed by atoms with Crippen LogP contribution in [0.2, 0.25) is 0 Å². The second kappa shape index (κ2) is 10.6. The largest absolute Gasteiger partial charge is 0.355 e. The number of carbonyl (C=O) groups excluding carboxylic acids is 2. The van der Waals surface area contributed by atoms with Gasteiger partial charge in [-0.3, -0.25) is 9.59 Å². The van der Waals surface area contributed by atoms with Gasteiger partial charge in [-0.05, 0) is 25.5 Å². The third kappa shape index (κ3) is 8.82. The number of rotatable bonds is 11. The van der Waals surface area contributed by atoms with Crippen LogP contribution in [0.3, 0.4) is 0 Å². The van der Waals surface area contributed by atoms with Crippen molar-refractivity contribution in [1.29, 1.82) is 0 Å². The molecule has 0 aliphatic heterocycles. The molecular weight excluding hydrogens is 254 g/mol. The third-order valence-corrected chi connectivity index (χ3v) is 2.81. The Hall–Kier alpha value is -1.20. The summed E-state index contributed by atoms with van der Waals surface area (Å²) in [6.07, 6.45) is 0.840. The standard InChI is InChI=1S/C15H29N3O2/c1-6-16-9-10-17-14(19)8-7-13(18-12(4)5)15(20)11(2)3/h12-13,16,18H,2,6-10H2,1,3-5H3,(H,17,19). The monoisotopic (exact) mass is 283 g/mol. The molecule has 0 aliphatic carbocycles. The van der Waals surface area contributed by atoms with Gasteiger partial charge in [0, 0.05) is 25.6 Å². The number of carbonyl (C=O) groups is 2. The van der Waals surface area contributed by atoms with Crippen molar-refractivity contribution in [2.24, 2.45) is 0 Å². The first-order valence-corrected chi connectivity index (χ1v) is 7.31. The number of amides is 1. The molecule has 0 bridgehead atoms. The highest BCUT2D eigenvalue weighted by Crippen LogP contribution is 2.05. The molecule has 5 heteroatoms. The molecule has 0 saturated carbocycles. The predicted molar refractivity (Wildman–Crippen MR) is 82.7 cm³/mol. The van der Waals surface area contributed by atoms with Crippen LogP contribution in [-0.2, 0) is 9.59 Å². The average molecular weight is 283 g/mol. The van der Waals surface area contributed by atoms with E-state index in [1.807, 2.05) is 20.8 Å². The van der Waals surface area contributed by atoms with Crippen LogP contribution in [0.25, 0.3) is 0 Å². The van der Waals surface area contributed by atoms with E-state index in [4.69, 9.17) is 0 Å². The van der Waals surface area contributed by atoms with Gasteiger partial charge < -0.3 is 16.0 Å². The molecule has 0 spiro atoms. The van der Waals surface area contributed by atoms with Gasteiger partial charge >= 0.3 is 0 Å². The van der Waals surface area contributed by atoms with Crippen LogP contribution in [0.1, 0.15) is 40.5 Å². The zero-order chi connectivity index (χ0) is 15.5. The fourth-order valence-electron chi connectivity index (χ4n) is 1.82. The summed E-state index contributed by atoms with van der Waals surface area (Å²) in [4.78, 5) is 23.7. The van der Waals surface area contributed by atoms with E-state index in [1.165, 1.54) is 0 Å². The highest BCUT2D eigenvalue weighted by Gasteiger charge is 2.20. The van der Waals surface area contributed by atoms with Gasteiger partial charge in [-0.1, -0.05) is 27.4 Å². The lowest BCUT2D eigenvalue weighted by Gasteiger charge is -2.20. The van der Waals surface area contributed by atoms with Gasteiger partial charge in [0.15, 0.2) is 5.78 Å². The number of hydrogen-bond donors (Lipinski definition) is 3. The Morgan fingerprint density at radius 3 is 2.35 bits per heavy atom. The van der Waals surface area contributed by atoms with Gasteiger partial charge in [-0.25, -0.2) is 0 Å². The Morgan fingerprint density at radius 1 is 1.20 bits per heavy atom. The zero-order valence-electron chi connectivity index (χ0n) is 13.2. The van der Waals surface area contributed by atoms with E-state index < -0.39 is 0 Å². The molecule has 0 aromatic heterocycles. The molecule has 0 rings (SSSR count). The molecule has 1 unspecified atom stereocenters. The molecule has 1 atom stereocenters. The maximum absolute atomic E-state index is 12.0. The molecule has 0 aromatic rings. The maximum atomic E-state index is 12.0. The van der Waals surface area contributed by atoms with Gasteiger partial charge in [0.25, 0.3) is 0 Å². The van der Waals surface area contributed by atoms with Crippen molar-refractivity contribution in [1.82, 2.24) is 16.0 Å². The van der Waals surface area contributed by atoms with E-state index >= 15 is 0 Å². The summed E-state index contributed by atoms with van der Waals surface area (Å²) in [7, 11) is 0. The molecule has 0 aromatic carbocycles. The van der Waals surface area contributed by atoms with E-state index in [0.717, 1.165) is 13.1 Å². The summed E-state index contributed by atoms with van der Waals surface area (Å²) < 4.78 is 0. The lowest BCUT2D eigenvalue weighted by atomic mass is 10.0. The minimum atomic E-state index is -0.327. The molecule has 3 N–H and O–H groups in total. The second-order valence-electron chi connectivity index (χ2n) is 5.26. The number of ketones is 1. The van der Waals surface area contributed by atoms with Crippen molar-refractivity contribution < 1.29 is 9.59 Å². The molecule has 0 radical (unpaired) electrons. The van der Waals surface area contributed by atoms with E-state index in [0.29, 0.717) is 25.0 Å². The first-order chi connectivity index (χ1) is 9.38. The van der Waals surface area contributed by atoms with Crippen molar-refractivity contribution >= 4 is 11.7 Å². The van der Waals surface area contributed by atoms with Crippen molar-refractivity contribution in [3.8, 4) is 0 Å². The van der Waals surface area contributed by atoms with Crippen molar-refractivity contribution in [2.75, 3.05) is 19.6 Å². The van der Waals surface area contributed by atoms with Gasteiger partial charge in [0.2, 0.25) is 5.91 Å². The summed E-state index contributed by atoms with van der Waals surface area (Å²) in [6, 6.07) is -0.132. The van der Waals surface area contributed by atoms with Crippen molar-refractivity contribution in [2.45, 2.75) is 52.6 Å². The summed E-state index contributed by atoms with van der Waals surface area (Å²) in [5.74, 6) is -0.0351. The predicted octanol–water partition coefficient (Wildman–Crippen LogP) is 1.00. The molecule has 0 aliphatic rings. The Bertz CT molecular complexity index is 327. The number of nitrogens with one attached hydrogen (secondary N) is 3. The molecule has 116 valence electrons. The molecule has 0 heterocycles. The minimum Gasteiger partial charge on any atom is -0.355 e. The molecule has 1 amide bonds. The van der Waals surface area contributed by atoms with E-state index in [9.17, 15) is 9.59 Å². The number of likely N-dealkylation sites (N-methyl/N-ethyl adjacent to an activating group) is 1. The number of Topliss-reactive ketones (excluding diaryl/α,β-unsaturated/α-hetero) is 1. The lowest BCUT2D eigenvalue weighted by molar-refractivity contribution is -0.121. The Morgan fingerprint density at radius 2 is 1.85 bits per heavy atom. The van der Waals surface area contributed by atoms with Gasteiger partial charge in [-0.15, -0.1) is 0 Å². The first kappa shape index (κ1) is 18.8. The zero-order valence-corrected chi connectivity index (χ0v) is 13.2. The van der Waals surface area contributed by atoms with Crippen molar-refractivity contribution in [3.63, 3.8) is 0 Å². The van der Waals surface area contributed by atoms with E-state index in [1.54, 1.807) is 6.92 Å². The van der Waals surface area contributed by atoms with Crippen LogP contribution < -0.4 is 16.0 Å². The molecule has 5 nitrogen and oxygen atoms in total. The topological polar surface area (TPSA) is 70.2 Å². The summed E-state index contributed by atoms with van der Waals surface area (Å²) in [5, 5.41) is 9.16. The van der Waals surface area contributed by atoms with Crippen LogP contribution in [0.5, 0.6) is 0 Å². The first-order valence-electron chi connectivity index (χ1n) is 7.31. The lowest BCUT2D eigenvalue weighted by Crippen LogP contribution is -2.42. The Labute approximate surface area is 122 Å². The normalized spacial score (nSPS) is 12.2. The van der Waals surface area contributed by atoms with Gasteiger partial charge in [0.05, 0.1) is 6.04 Å². The van der Waals surface area contributed by atoms with Crippen LogP contribution in [0, 0.1) is 0 Å². The smallest absolute Gasteiger partial charge is 0.220 e. The summed E-state index contributed by atoms with van der Waals surface area (Å²) in [6.45, 7) is 13.6. The Kier molecular flexibility index (Phi) is 9.94. The highest BCUT2D eigenvalue weighted by atomic mass is 16.1. The minimum absolute atomic E-state index is 0.0147. The van der Waals surface area contributed by atoms with Crippen LogP contribution in [0.4, 0.5) is 0 Å². The second-order valence-corrected chi connectivity index (χ2v) is 5.26. The van der Waals surface area contributed by atoms with Crippen LogP contribution in [0.15, 0.2) is 12.2 Å². The van der Waals surface area contributed by atoms with Crippen molar-refractivity contribution in [3.05, 3.63) is 12.2 Å². The quantitative estimate of drug-likeness (QED) is 0.391. The SMILES string of the molecule is C=C(C)C(=O)C(CCC(=O)NCCNCC)NC(C)C. The fraction of sp³-hybridized carbons (Fsp3) is 0.733. The molecule has 0 saturated heterocycles.